The van der Waals surface area contributed by atoms with Gasteiger partial charge in [0.05, 0.1) is 12.1 Å². The summed E-state index contributed by atoms with van der Waals surface area (Å²) >= 11 is 0. The van der Waals surface area contributed by atoms with Gasteiger partial charge >= 0.3 is 0 Å². The second-order valence-electron chi connectivity index (χ2n) is 4.56. The molecule has 0 aliphatic carbocycles. The third kappa shape index (κ3) is 2.21. The summed E-state index contributed by atoms with van der Waals surface area (Å²) in [6.07, 6.45) is 1.80. The predicted octanol–water partition coefficient (Wildman–Crippen LogP) is 3.62. The molecule has 0 amide bonds. The van der Waals surface area contributed by atoms with Crippen molar-refractivity contribution in [3.05, 3.63) is 59.7 Å². The molecule has 0 aliphatic heterocycles. The minimum Gasteiger partial charge on any atom is -0.449 e. The van der Waals surface area contributed by atoms with Crippen molar-refractivity contribution in [2.75, 3.05) is 5.32 Å². The molecule has 1 N–H and O–H groups in total. The van der Waals surface area contributed by atoms with Gasteiger partial charge in [0.15, 0.2) is 0 Å². The van der Waals surface area contributed by atoms with E-state index in [1.54, 1.807) is 18.3 Å². The van der Waals surface area contributed by atoms with E-state index in [1.807, 2.05) is 37.3 Å². The van der Waals surface area contributed by atoms with E-state index >= 15 is 0 Å². The molecule has 4 nitrogen and oxygen atoms in total. The van der Waals surface area contributed by atoms with Gasteiger partial charge in [-0.25, -0.2) is 0 Å². The number of furan rings is 1. The topological polar surface area (TPSA) is 61.9 Å². The van der Waals surface area contributed by atoms with Gasteiger partial charge in [0.1, 0.15) is 11.8 Å². The number of nitrogens with one attached hydrogen (secondary N) is 1. The number of anilines is 1. The highest BCUT2D eigenvalue weighted by atomic mass is 16.3. The SMILES string of the molecule is Cc1ccc(NCc2ccc(C#N)o2)c2cccnc12. The zero-order valence-electron chi connectivity index (χ0n) is 11.1. The van der Waals surface area contributed by atoms with E-state index in [1.165, 1.54) is 0 Å². The third-order valence-corrected chi connectivity index (χ3v) is 3.20. The van der Waals surface area contributed by atoms with Crippen molar-refractivity contribution in [2.45, 2.75) is 13.5 Å². The number of hydrogen-bond donors (Lipinski definition) is 1. The first kappa shape index (κ1) is 12.2. The van der Waals surface area contributed by atoms with Crippen molar-refractivity contribution in [1.82, 2.24) is 4.98 Å². The Morgan fingerprint density at radius 1 is 1.25 bits per heavy atom. The molecule has 0 aliphatic rings. The maximum absolute atomic E-state index is 8.74. The van der Waals surface area contributed by atoms with Crippen molar-refractivity contribution in [3.63, 3.8) is 0 Å². The van der Waals surface area contributed by atoms with Crippen LogP contribution in [0.3, 0.4) is 0 Å². The van der Waals surface area contributed by atoms with Gasteiger partial charge in [-0.2, -0.15) is 5.26 Å². The summed E-state index contributed by atoms with van der Waals surface area (Å²) in [6, 6.07) is 13.5. The number of hydrogen-bond acceptors (Lipinski definition) is 4. The van der Waals surface area contributed by atoms with Crippen LogP contribution in [0.1, 0.15) is 17.1 Å². The number of nitriles is 1. The van der Waals surface area contributed by atoms with Crippen LogP contribution in [0.4, 0.5) is 5.69 Å². The molecule has 0 fully saturated rings. The molecule has 1 aromatic carbocycles. The first-order chi connectivity index (χ1) is 9.78. The van der Waals surface area contributed by atoms with Gasteiger partial charge in [0.25, 0.3) is 0 Å². The minimum atomic E-state index is 0.331. The first-order valence-corrected chi connectivity index (χ1v) is 6.35. The van der Waals surface area contributed by atoms with Gasteiger partial charge in [-0.05, 0) is 42.8 Å². The Labute approximate surface area is 116 Å². The number of rotatable bonds is 3. The van der Waals surface area contributed by atoms with Crippen LogP contribution in [0, 0.1) is 18.3 Å². The first-order valence-electron chi connectivity index (χ1n) is 6.35. The Bertz CT molecular complexity index is 799. The highest BCUT2D eigenvalue weighted by Crippen LogP contribution is 2.25. The van der Waals surface area contributed by atoms with Crippen LogP contribution in [0.15, 0.2) is 47.0 Å². The molecule has 4 heteroatoms. The smallest absolute Gasteiger partial charge is 0.203 e. The molecular formula is C16H13N3O. The van der Waals surface area contributed by atoms with E-state index in [0.29, 0.717) is 12.3 Å². The summed E-state index contributed by atoms with van der Waals surface area (Å²) in [4.78, 5) is 4.41. The summed E-state index contributed by atoms with van der Waals surface area (Å²) in [5.74, 6) is 1.07. The van der Waals surface area contributed by atoms with Crippen LogP contribution >= 0.6 is 0 Å². The Balaban J connectivity index is 1.88. The maximum atomic E-state index is 8.74. The van der Waals surface area contributed by atoms with Crippen molar-refractivity contribution in [2.24, 2.45) is 0 Å². The van der Waals surface area contributed by atoms with Crippen molar-refractivity contribution in [3.8, 4) is 6.07 Å². The number of nitrogens with zero attached hydrogens (tertiary/aromatic N) is 2. The Morgan fingerprint density at radius 2 is 2.15 bits per heavy atom. The molecule has 0 atom stereocenters. The second kappa shape index (κ2) is 5.06. The molecule has 0 radical (unpaired) electrons. The van der Waals surface area contributed by atoms with Crippen molar-refractivity contribution < 1.29 is 4.42 Å². The molecule has 20 heavy (non-hydrogen) atoms. The maximum Gasteiger partial charge on any atom is 0.203 e. The summed E-state index contributed by atoms with van der Waals surface area (Å²) < 4.78 is 5.35. The van der Waals surface area contributed by atoms with Crippen LogP contribution < -0.4 is 5.32 Å². The van der Waals surface area contributed by atoms with Crippen molar-refractivity contribution >= 4 is 16.6 Å². The largest absolute Gasteiger partial charge is 0.449 e. The zero-order chi connectivity index (χ0) is 13.9. The van der Waals surface area contributed by atoms with Gasteiger partial charge in [-0.3, -0.25) is 4.98 Å². The highest BCUT2D eigenvalue weighted by Gasteiger charge is 2.05. The van der Waals surface area contributed by atoms with Crippen LogP contribution in [-0.4, -0.2) is 4.98 Å². The predicted molar refractivity (Wildman–Crippen MR) is 77.2 cm³/mol. The molecule has 2 aromatic heterocycles. The molecule has 0 unspecified atom stereocenters. The van der Waals surface area contributed by atoms with E-state index in [2.05, 4.69) is 10.3 Å². The number of aryl methyl sites for hydroxylation is 1. The summed E-state index contributed by atoms with van der Waals surface area (Å²) in [6.45, 7) is 2.58. The van der Waals surface area contributed by atoms with Gasteiger partial charge in [-0.15, -0.1) is 0 Å². The fourth-order valence-corrected chi connectivity index (χ4v) is 2.18. The van der Waals surface area contributed by atoms with Crippen LogP contribution in [0.2, 0.25) is 0 Å². The van der Waals surface area contributed by atoms with Gasteiger partial charge in [0.2, 0.25) is 5.76 Å². The molecule has 98 valence electrons. The fraction of sp³-hybridized carbons (Fsp3) is 0.125. The molecule has 2 heterocycles. The van der Waals surface area contributed by atoms with E-state index < -0.39 is 0 Å². The van der Waals surface area contributed by atoms with Gasteiger partial charge in [0, 0.05) is 17.3 Å². The van der Waals surface area contributed by atoms with Gasteiger partial charge in [-0.1, -0.05) is 6.07 Å². The lowest BCUT2D eigenvalue weighted by Gasteiger charge is -2.09. The standard InChI is InChI=1S/C16H13N3O/c1-11-4-7-15(14-3-2-8-18-16(11)14)19-10-13-6-5-12(9-17)20-13/h2-8,19H,10H2,1H3. The number of benzene rings is 1. The molecule has 0 saturated carbocycles. The Hall–Kier alpha value is -2.80. The van der Waals surface area contributed by atoms with E-state index in [4.69, 9.17) is 9.68 Å². The molecule has 3 aromatic rings. The average molecular weight is 263 g/mol. The van der Waals surface area contributed by atoms with Crippen LogP contribution in [0.25, 0.3) is 10.9 Å². The van der Waals surface area contributed by atoms with E-state index in [0.717, 1.165) is 27.9 Å². The minimum absolute atomic E-state index is 0.331. The quantitative estimate of drug-likeness (QED) is 0.784. The fourth-order valence-electron chi connectivity index (χ4n) is 2.18. The lowest BCUT2D eigenvalue weighted by atomic mass is 10.1. The molecule has 0 spiro atoms. The second-order valence-corrected chi connectivity index (χ2v) is 4.56. The Kier molecular flexibility index (Phi) is 3.10. The summed E-state index contributed by atoms with van der Waals surface area (Å²) in [5.41, 5.74) is 3.15. The Morgan fingerprint density at radius 3 is 2.95 bits per heavy atom. The number of pyridine rings is 1. The van der Waals surface area contributed by atoms with Gasteiger partial charge < -0.3 is 9.73 Å². The van der Waals surface area contributed by atoms with Crippen LogP contribution in [-0.2, 0) is 6.54 Å². The molecule has 3 rings (SSSR count). The van der Waals surface area contributed by atoms with Crippen LogP contribution in [0.5, 0.6) is 0 Å². The zero-order valence-corrected chi connectivity index (χ0v) is 11.1. The monoisotopic (exact) mass is 263 g/mol. The average Bonchev–Trinajstić information content (AvgIpc) is 2.95. The third-order valence-electron chi connectivity index (χ3n) is 3.20. The lowest BCUT2D eigenvalue weighted by Crippen LogP contribution is -1.99. The van der Waals surface area contributed by atoms with E-state index in [9.17, 15) is 0 Å². The molecular weight excluding hydrogens is 250 g/mol. The summed E-state index contributed by atoms with van der Waals surface area (Å²) in [7, 11) is 0. The number of fused-ring (bicyclic) bond motifs is 1. The number of aromatic nitrogens is 1. The lowest BCUT2D eigenvalue weighted by molar-refractivity contribution is 0.506. The highest BCUT2D eigenvalue weighted by molar-refractivity contribution is 5.93. The van der Waals surface area contributed by atoms with Crippen molar-refractivity contribution in [1.29, 1.82) is 5.26 Å². The summed E-state index contributed by atoms with van der Waals surface area (Å²) in [5, 5.41) is 13.1. The molecule has 0 bridgehead atoms. The van der Waals surface area contributed by atoms with E-state index in [-0.39, 0.29) is 0 Å². The normalized spacial score (nSPS) is 10.4. The molecule has 0 saturated heterocycles.